The van der Waals surface area contributed by atoms with Crippen molar-refractivity contribution < 1.29 is 9.59 Å². The summed E-state index contributed by atoms with van der Waals surface area (Å²) in [6.07, 6.45) is 5.64. The number of carbonyl (C=O) groups excluding carboxylic acids is 2. The molecule has 0 radical (unpaired) electrons. The minimum absolute atomic E-state index is 0.0827. The largest absolute Gasteiger partial charge is 0.325 e. The van der Waals surface area contributed by atoms with E-state index in [2.05, 4.69) is 15.6 Å². The number of urea groups is 1. The van der Waals surface area contributed by atoms with Crippen molar-refractivity contribution in [3.63, 3.8) is 0 Å². The molecule has 2 aliphatic heterocycles. The molecule has 1 aromatic rings. The molecule has 1 saturated carbocycles. The first-order valence-electron chi connectivity index (χ1n) is 8.48. The van der Waals surface area contributed by atoms with Gasteiger partial charge in [-0.05, 0) is 62.7 Å². The maximum Gasteiger partial charge on any atom is 0.325 e. The molecule has 1 atom stereocenters. The second-order valence-electron chi connectivity index (χ2n) is 6.84. The molecule has 3 fully saturated rings. The molecule has 3 aliphatic rings. The summed E-state index contributed by atoms with van der Waals surface area (Å²) in [7, 11) is 0. The molecule has 122 valence electrons. The number of pyridine rings is 1. The Labute approximate surface area is 135 Å². The van der Waals surface area contributed by atoms with Gasteiger partial charge in [0.25, 0.3) is 5.91 Å². The Morgan fingerprint density at radius 2 is 1.96 bits per heavy atom. The number of hydrogen-bond acceptors (Lipinski definition) is 4. The van der Waals surface area contributed by atoms with Crippen molar-refractivity contribution in [3.05, 3.63) is 30.1 Å². The summed E-state index contributed by atoms with van der Waals surface area (Å²) in [5.74, 6) is 0.455. The van der Waals surface area contributed by atoms with Gasteiger partial charge in [-0.3, -0.25) is 14.7 Å². The Bertz CT molecular complexity index is 610. The fraction of sp³-hybridized carbons (Fsp3) is 0.588. The lowest BCUT2D eigenvalue weighted by Gasteiger charge is -2.37. The molecule has 0 bridgehead atoms. The number of amides is 3. The zero-order valence-electron chi connectivity index (χ0n) is 13.1. The molecule has 23 heavy (non-hydrogen) atoms. The summed E-state index contributed by atoms with van der Waals surface area (Å²) in [6, 6.07) is 5.32. The lowest BCUT2D eigenvalue weighted by Crippen LogP contribution is -2.53. The minimum atomic E-state index is -0.991. The van der Waals surface area contributed by atoms with Crippen LogP contribution in [-0.4, -0.2) is 41.5 Å². The summed E-state index contributed by atoms with van der Waals surface area (Å²) in [6.45, 7) is 2.28. The molecule has 1 aromatic heterocycles. The predicted octanol–water partition coefficient (Wildman–Crippen LogP) is 1.24. The van der Waals surface area contributed by atoms with Gasteiger partial charge in [0, 0.05) is 12.7 Å². The van der Waals surface area contributed by atoms with Gasteiger partial charge in [-0.25, -0.2) is 4.79 Å². The number of piperidine rings is 1. The van der Waals surface area contributed by atoms with Crippen LogP contribution < -0.4 is 10.6 Å². The number of nitrogens with zero attached hydrogens (tertiary/aromatic N) is 2. The van der Waals surface area contributed by atoms with Crippen molar-refractivity contribution >= 4 is 11.9 Å². The third-order valence-electron chi connectivity index (χ3n) is 5.29. The molecule has 4 rings (SSSR count). The lowest BCUT2D eigenvalue weighted by molar-refractivity contribution is -0.134. The van der Waals surface area contributed by atoms with Crippen LogP contribution in [-0.2, 0) is 10.3 Å². The Morgan fingerprint density at radius 3 is 2.61 bits per heavy atom. The van der Waals surface area contributed by atoms with Crippen LogP contribution in [0.25, 0.3) is 0 Å². The van der Waals surface area contributed by atoms with Gasteiger partial charge in [0.05, 0.1) is 5.69 Å². The van der Waals surface area contributed by atoms with E-state index in [9.17, 15) is 9.59 Å². The van der Waals surface area contributed by atoms with Crippen LogP contribution in [0.1, 0.15) is 31.4 Å². The van der Waals surface area contributed by atoms with Gasteiger partial charge < -0.3 is 10.6 Å². The van der Waals surface area contributed by atoms with Crippen LogP contribution in [0.15, 0.2) is 24.4 Å². The molecule has 2 saturated heterocycles. The first kappa shape index (κ1) is 14.6. The molecule has 0 unspecified atom stereocenters. The van der Waals surface area contributed by atoms with Gasteiger partial charge in [-0.2, -0.15) is 0 Å². The molecule has 0 spiro atoms. The molecule has 6 heteroatoms. The van der Waals surface area contributed by atoms with E-state index in [1.54, 1.807) is 6.20 Å². The second-order valence-corrected chi connectivity index (χ2v) is 6.84. The summed E-state index contributed by atoms with van der Waals surface area (Å²) < 4.78 is 0. The van der Waals surface area contributed by atoms with E-state index in [0.29, 0.717) is 18.2 Å². The Kier molecular flexibility index (Phi) is 3.56. The van der Waals surface area contributed by atoms with Gasteiger partial charge in [0.1, 0.15) is 0 Å². The molecular formula is C17H22N4O2. The van der Waals surface area contributed by atoms with Crippen molar-refractivity contribution in [2.24, 2.45) is 11.8 Å². The van der Waals surface area contributed by atoms with E-state index < -0.39 is 5.54 Å². The molecule has 6 nitrogen and oxygen atoms in total. The Morgan fingerprint density at radius 1 is 1.17 bits per heavy atom. The SMILES string of the molecule is O=C1N[C@@](c2ccccn2)(C2CCNCC2)C(=O)N1CC1CC1. The van der Waals surface area contributed by atoms with E-state index in [4.69, 9.17) is 0 Å². The quantitative estimate of drug-likeness (QED) is 0.820. The van der Waals surface area contributed by atoms with Gasteiger partial charge in [0.2, 0.25) is 0 Å². The molecule has 3 heterocycles. The number of aromatic nitrogens is 1. The fourth-order valence-electron chi connectivity index (χ4n) is 3.83. The third kappa shape index (κ3) is 2.41. The van der Waals surface area contributed by atoms with Crippen molar-refractivity contribution in [1.82, 2.24) is 20.5 Å². The summed E-state index contributed by atoms with van der Waals surface area (Å²) >= 11 is 0. The Balaban J connectivity index is 1.73. The van der Waals surface area contributed by atoms with Crippen LogP contribution in [0.5, 0.6) is 0 Å². The molecular weight excluding hydrogens is 292 g/mol. The van der Waals surface area contributed by atoms with E-state index in [1.807, 2.05) is 18.2 Å². The molecule has 1 aliphatic carbocycles. The van der Waals surface area contributed by atoms with Gasteiger partial charge in [-0.15, -0.1) is 0 Å². The number of nitrogens with one attached hydrogen (secondary N) is 2. The van der Waals surface area contributed by atoms with Gasteiger partial charge >= 0.3 is 6.03 Å². The zero-order chi connectivity index (χ0) is 15.9. The van der Waals surface area contributed by atoms with Crippen molar-refractivity contribution in [2.45, 2.75) is 31.2 Å². The fourth-order valence-corrected chi connectivity index (χ4v) is 3.83. The number of rotatable bonds is 4. The van der Waals surface area contributed by atoms with Crippen molar-refractivity contribution in [3.8, 4) is 0 Å². The van der Waals surface area contributed by atoms with E-state index >= 15 is 0 Å². The van der Waals surface area contributed by atoms with Crippen molar-refractivity contribution in [1.29, 1.82) is 0 Å². The van der Waals surface area contributed by atoms with E-state index in [1.165, 1.54) is 4.90 Å². The van der Waals surface area contributed by atoms with Crippen LogP contribution in [0, 0.1) is 11.8 Å². The molecule has 3 amide bonds. The smallest absolute Gasteiger partial charge is 0.318 e. The highest BCUT2D eigenvalue weighted by Crippen LogP contribution is 2.41. The summed E-state index contributed by atoms with van der Waals surface area (Å²) in [5, 5.41) is 6.36. The maximum atomic E-state index is 13.3. The highest BCUT2D eigenvalue weighted by molar-refractivity contribution is 6.07. The van der Waals surface area contributed by atoms with E-state index in [-0.39, 0.29) is 17.9 Å². The first-order valence-corrected chi connectivity index (χ1v) is 8.48. The monoisotopic (exact) mass is 314 g/mol. The lowest BCUT2D eigenvalue weighted by atomic mass is 9.75. The predicted molar refractivity (Wildman–Crippen MR) is 84.5 cm³/mol. The average molecular weight is 314 g/mol. The highest BCUT2D eigenvalue weighted by Gasteiger charge is 2.58. The minimum Gasteiger partial charge on any atom is -0.318 e. The zero-order valence-corrected chi connectivity index (χ0v) is 13.1. The standard InChI is InChI=1S/C17H22N4O2/c22-15-17(13-6-9-18-10-7-13,14-3-1-2-8-19-14)20-16(23)21(15)11-12-4-5-12/h1-3,8,12-13,18H,4-7,9-11H2,(H,20,23)/t17-/m1/s1. The molecule has 0 aromatic carbocycles. The topological polar surface area (TPSA) is 74.3 Å². The number of imide groups is 1. The van der Waals surface area contributed by atoms with Crippen LogP contribution >= 0.6 is 0 Å². The molecule has 2 N–H and O–H groups in total. The van der Waals surface area contributed by atoms with Crippen molar-refractivity contribution in [2.75, 3.05) is 19.6 Å². The number of hydrogen-bond donors (Lipinski definition) is 2. The Hall–Kier alpha value is -1.95. The van der Waals surface area contributed by atoms with Gasteiger partial charge in [-0.1, -0.05) is 6.07 Å². The van der Waals surface area contributed by atoms with Crippen LogP contribution in [0.2, 0.25) is 0 Å². The summed E-state index contributed by atoms with van der Waals surface area (Å²) in [5.41, 5.74) is -0.321. The van der Waals surface area contributed by atoms with E-state index in [0.717, 1.165) is 38.8 Å². The second kappa shape index (κ2) is 5.60. The average Bonchev–Trinajstić information content (AvgIpc) is 3.38. The third-order valence-corrected chi connectivity index (χ3v) is 5.29. The first-order chi connectivity index (χ1) is 11.2. The normalized spacial score (nSPS) is 29.0. The maximum absolute atomic E-state index is 13.3. The number of carbonyl (C=O) groups is 2. The highest BCUT2D eigenvalue weighted by atomic mass is 16.2. The van der Waals surface area contributed by atoms with Gasteiger partial charge in [0.15, 0.2) is 5.54 Å². The van der Waals surface area contributed by atoms with Crippen LogP contribution in [0.4, 0.5) is 4.79 Å². The van der Waals surface area contributed by atoms with Crippen LogP contribution in [0.3, 0.4) is 0 Å². The summed E-state index contributed by atoms with van der Waals surface area (Å²) in [4.78, 5) is 31.7.